The summed E-state index contributed by atoms with van der Waals surface area (Å²) >= 11 is 0. The summed E-state index contributed by atoms with van der Waals surface area (Å²) in [6.07, 6.45) is 1.69. The molecule has 0 aromatic carbocycles. The van der Waals surface area contributed by atoms with E-state index in [0.717, 1.165) is 6.42 Å². The summed E-state index contributed by atoms with van der Waals surface area (Å²) in [4.78, 5) is 11.1. The van der Waals surface area contributed by atoms with Crippen LogP contribution in [0.2, 0.25) is 0 Å². The number of nitrogens with one attached hydrogen (secondary N) is 1. The van der Waals surface area contributed by atoms with E-state index in [-0.39, 0.29) is 18.4 Å². The Kier molecular flexibility index (Phi) is 2.88. The summed E-state index contributed by atoms with van der Waals surface area (Å²) in [7, 11) is 0. The summed E-state index contributed by atoms with van der Waals surface area (Å²) in [5.74, 6) is 0.990. The average molecular weight is 157 g/mol. The lowest BCUT2D eigenvalue weighted by atomic mass is 10.3. The van der Waals surface area contributed by atoms with Crippen LogP contribution in [-0.2, 0) is 4.79 Å². The van der Waals surface area contributed by atoms with Gasteiger partial charge in [-0.1, -0.05) is 6.92 Å². The minimum Gasteiger partial charge on any atom is -0.396 e. The van der Waals surface area contributed by atoms with Gasteiger partial charge in [-0.2, -0.15) is 0 Å². The fraction of sp³-hybridized carbons (Fsp3) is 0.875. The third-order valence-corrected chi connectivity index (χ3v) is 2.08. The summed E-state index contributed by atoms with van der Waals surface area (Å²) in [6.45, 7) is 2.84. The fourth-order valence-corrected chi connectivity index (χ4v) is 1.11. The minimum absolute atomic E-state index is 0.153. The van der Waals surface area contributed by atoms with Crippen molar-refractivity contribution >= 4 is 5.91 Å². The Morgan fingerprint density at radius 1 is 1.73 bits per heavy atom. The smallest absolute Gasteiger partial charge is 0.223 e. The van der Waals surface area contributed by atoms with Crippen molar-refractivity contribution in [3.05, 3.63) is 0 Å². The highest BCUT2D eigenvalue weighted by Gasteiger charge is 2.38. The van der Waals surface area contributed by atoms with Crippen molar-refractivity contribution in [1.29, 1.82) is 0 Å². The predicted octanol–water partition coefficient (Wildman–Crippen LogP) is 0.141. The molecular formula is C8H15NO2. The molecule has 1 aliphatic rings. The number of carbonyl (C=O) groups is 1. The topological polar surface area (TPSA) is 49.3 Å². The maximum atomic E-state index is 11.1. The lowest BCUT2D eigenvalue weighted by molar-refractivity contribution is -0.122. The van der Waals surface area contributed by atoms with Crippen LogP contribution in [0.4, 0.5) is 0 Å². The zero-order valence-corrected chi connectivity index (χ0v) is 6.84. The van der Waals surface area contributed by atoms with Crippen molar-refractivity contribution in [2.45, 2.75) is 19.8 Å². The number of amides is 1. The van der Waals surface area contributed by atoms with Crippen LogP contribution in [0.15, 0.2) is 0 Å². The fourth-order valence-electron chi connectivity index (χ4n) is 1.11. The Morgan fingerprint density at radius 3 is 2.82 bits per heavy atom. The van der Waals surface area contributed by atoms with Gasteiger partial charge in [-0.05, 0) is 18.8 Å². The Bertz CT molecular complexity index is 147. The molecule has 0 radical (unpaired) electrons. The van der Waals surface area contributed by atoms with E-state index in [9.17, 15) is 4.79 Å². The molecule has 0 saturated heterocycles. The number of hydrogen-bond donors (Lipinski definition) is 2. The molecule has 0 spiro atoms. The largest absolute Gasteiger partial charge is 0.396 e. The second-order valence-electron chi connectivity index (χ2n) is 3.19. The van der Waals surface area contributed by atoms with Crippen LogP contribution in [-0.4, -0.2) is 24.2 Å². The highest BCUT2D eigenvalue weighted by atomic mass is 16.3. The third-order valence-electron chi connectivity index (χ3n) is 2.08. The van der Waals surface area contributed by atoms with Crippen molar-refractivity contribution < 1.29 is 9.90 Å². The van der Waals surface area contributed by atoms with Gasteiger partial charge in [0.2, 0.25) is 5.91 Å². The van der Waals surface area contributed by atoms with Gasteiger partial charge in [-0.3, -0.25) is 4.79 Å². The van der Waals surface area contributed by atoms with E-state index >= 15 is 0 Å². The van der Waals surface area contributed by atoms with Gasteiger partial charge in [0.1, 0.15) is 0 Å². The minimum atomic E-state index is 0.153. The van der Waals surface area contributed by atoms with Crippen LogP contribution < -0.4 is 5.32 Å². The number of carbonyl (C=O) groups excluding carboxylic acids is 1. The van der Waals surface area contributed by atoms with Gasteiger partial charge in [-0.25, -0.2) is 0 Å². The molecule has 0 heterocycles. The zero-order valence-electron chi connectivity index (χ0n) is 6.84. The van der Waals surface area contributed by atoms with Crippen LogP contribution in [0.5, 0.6) is 0 Å². The molecule has 1 rings (SSSR count). The van der Waals surface area contributed by atoms with Crippen LogP contribution >= 0.6 is 0 Å². The van der Waals surface area contributed by atoms with E-state index < -0.39 is 0 Å². The van der Waals surface area contributed by atoms with E-state index in [1.54, 1.807) is 0 Å². The van der Waals surface area contributed by atoms with Crippen LogP contribution in [0.3, 0.4) is 0 Å². The normalized spacial score (nSPS) is 28.2. The molecule has 1 aliphatic carbocycles. The van der Waals surface area contributed by atoms with Crippen molar-refractivity contribution in [3.63, 3.8) is 0 Å². The van der Waals surface area contributed by atoms with Crippen molar-refractivity contribution in [2.24, 2.45) is 11.8 Å². The molecule has 3 heteroatoms. The lowest BCUT2D eigenvalue weighted by Gasteiger charge is -2.01. The van der Waals surface area contributed by atoms with Gasteiger partial charge < -0.3 is 10.4 Å². The van der Waals surface area contributed by atoms with E-state index in [1.807, 2.05) is 0 Å². The van der Waals surface area contributed by atoms with Crippen LogP contribution in [0.1, 0.15) is 19.8 Å². The van der Waals surface area contributed by atoms with Crippen molar-refractivity contribution in [3.8, 4) is 0 Å². The molecule has 11 heavy (non-hydrogen) atoms. The van der Waals surface area contributed by atoms with Crippen molar-refractivity contribution in [2.75, 3.05) is 13.2 Å². The Hall–Kier alpha value is -0.570. The first-order valence-electron chi connectivity index (χ1n) is 4.14. The van der Waals surface area contributed by atoms with Gasteiger partial charge in [0, 0.05) is 19.1 Å². The molecule has 64 valence electrons. The maximum absolute atomic E-state index is 11.1. The van der Waals surface area contributed by atoms with E-state index in [0.29, 0.717) is 18.9 Å². The molecule has 0 bridgehead atoms. The Labute approximate surface area is 66.8 Å². The standard InChI is InChI=1S/C8H15NO2/c1-6-5-7(6)8(11)9-3-2-4-10/h6-7,10H,2-5H2,1H3,(H,9,11). The van der Waals surface area contributed by atoms with Crippen molar-refractivity contribution in [1.82, 2.24) is 5.32 Å². The van der Waals surface area contributed by atoms with Crippen LogP contribution in [0.25, 0.3) is 0 Å². The first-order chi connectivity index (χ1) is 5.25. The summed E-state index contributed by atoms with van der Waals surface area (Å²) in [5, 5.41) is 11.2. The predicted molar refractivity (Wildman–Crippen MR) is 42.0 cm³/mol. The number of rotatable bonds is 4. The van der Waals surface area contributed by atoms with E-state index in [4.69, 9.17) is 5.11 Å². The second kappa shape index (κ2) is 3.72. The quantitative estimate of drug-likeness (QED) is 0.570. The molecule has 0 aliphatic heterocycles. The van der Waals surface area contributed by atoms with E-state index in [2.05, 4.69) is 12.2 Å². The van der Waals surface area contributed by atoms with Gasteiger partial charge in [0.25, 0.3) is 0 Å². The Balaban J connectivity index is 2.03. The molecule has 0 aromatic heterocycles. The van der Waals surface area contributed by atoms with Gasteiger partial charge in [-0.15, -0.1) is 0 Å². The summed E-state index contributed by atoms with van der Waals surface area (Å²) < 4.78 is 0. The molecule has 2 N–H and O–H groups in total. The number of aliphatic hydroxyl groups excluding tert-OH is 1. The molecule has 2 unspecified atom stereocenters. The zero-order chi connectivity index (χ0) is 8.27. The average Bonchev–Trinajstić information content (AvgIpc) is 2.67. The summed E-state index contributed by atoms with van der Waals surface area (Å²) in [5.41, 5.74) is 0. The van der Waals surface area contributed by atoms with Gasteiger partial charge >= 0.3 is 0 Å². The maximum Gasteiger partial charge on any atom is 0.223 e. The molecule has 1 amide bonds. The monoisotopic (exact) mass is 157 g/mol. The SMILES string of the molecule is CC1CC1C(=O)NCCCO. The molecule has 3 nitrogen and oxygen atoms in total. The third kappa shape index (κ3) is 2.50. The Morgan fingerprint density at radius 2 is 2.36 bits per heavy atom. The number of aliphatic hydroxyl groups is 1. The molecule has 2 atom stereocenters. The number of hydrogen-bond acceptors (Lipinski definition) is 2. The molecular weight excluding hydrogens is 142 g/mol. The first kappa shape index (κ1) is 8.53. The highest BCUT2D eigenvalue weighted by Crippen LogP contribution is 2.37. The molecule has 1 saturated carbocycles. The first-order valence-corrected chi connectivity index (χ1v) is 4.14. The second-order valence-corrected chi connectivity index (χ2v) is 3.19. The van der Waals surface area contributed by atoms with E-state index in [1.165, 1.54) is 0 Å². The summed E-state index contributed by atoms with van der Waals surface area (Å²) in [6, 6.07) is 0. The van der Waals surface area contributed by atoms with Crippen LogP contribution in [0, 0.1) is 11.8 Å². The molecule has 1 fully saturated rings. The highest BCUT2D eigenvalue weighted by molar-refractivity contribution is 5.81. The van der Waals surface area contributed by atoms with Gasteiger partial charge in [0.15, 0.2) is 0 Å². The molecule has 0 aromatic rings. The van der Waals surface area contributed by atoms with Gasteiger partial charge in [0.05, 0.1) is 0 Å². The lowest BCUT2D eigenvalue weighted by Crippen LogP contribution is -2.26.